The van der Waals surface area contributed by atoms with Crippen LogP contribution in [0, 0.1) is 12.7 Å². The van der Waals surface area contributed by atoms with Gasteiger partial charge in [-0.25, -0.2) is 19.2 Å². The van der Waals surface area contributed by atoms with E-state index in [1.54, 1.807) is 34.8 Å². The molecule has 0 spiro atoms. The van der Waals surface area contributed by atoms with Crippen LogP contribution < -0.4 is 15.1 Å². The second kappa shape index (κ2) is 7.24. The fraction of sp³-hybridized carbons (Fsp3) is 0.381. The first kappa shape index (κ1) is 18.8. The van der Waals surface area contributed by atoms with Crippen LogP contribution >= 0.6 is 0 Å². The van der Waals surface area contributed by atoms with Gasteiger partial charge in [0.1, 0.15) is 5.82 Å². The molecular formula is C21H24FN7O. The van der Waals surface area contributed by atoms with Crippen molar-refractivity contribution in [2.24, 2.45) is 0 Å². The second-order valence-electron chi connectivity index (χ2n) is 7.94. The van der Waals surface area contributed by atoms with E-state index in [2.05, 4.69) is 32.1 Å². The summed E-state index contributed by atoms with van der Waals surface area (Å²) in [4.78, 5) is 27.9. The molecule has 0 aromatic carbocycles. The van der Waals surface area contributed by atoms with Crippen LogP contribution in [0.1, 0.15) is 11.3 Å². The number of likely N-dealkylation sites (N-methyl/N-ethyl adjacent to an activating group) is 1. The molecule has 8 nitrogen and oxygen atoms in total. The van der Waals surface area contributed by atoms with Gasteiger partial charge in [0.15, 0.2) is 11.5 Å². The maximum Gasteiger partial charge on any atom is 0.327 e. The molecule has 0 bridgehead atoms. The van der Waals surface area contributed by atoms with Crippen LogP contribution in [0.4, 0.5) is 26.4 Å². The number of nitrogens with one attached hydrogen (secondary N) is 1. The number of hydrogen-bond acceptors (Lipinski definition) is 5. The number of pyridine rings is 2. The minimum absolute atomic E-state index is 0.246. The highest BCUT2D eigenvalue weighted by molar-refractivity contribution is 6.03. The number of piperazine rings is 1. The predicted molar refractivity (Wildman–Crippen MR) is 114 cm³/mol. The molecule has 9 heteroatoms. The van der Waals surface area contributed by atoms with Crippen LogP contribution in [0.5, 0.6) is 0 Å². The van der Waals surface area contributed by atoms with Gasteiger partial charge < -0.3 is 19.5 Å². The summed E-state index contributed by atoms with van der Waals surface area (Å²) in [5.74, 6) is 0.210. The molecule has 0 saturated carbocycles. The van der Waals surface area contributed by atoms with Crippen LogP contribution in [-0.2, 0) is 6.42 Å². The average Bonchev–Trinajstić information content (AvgIpc) is 3.32. The molecule has 0 atom stereocenters. The van der Waals surface area contributed by atoms with Gasteiger partial charge in [-0.3, -0.25) is 4.90 Å². The number of carbonyl (C=O) groups is 1. The van der Waals surface area contributed by atoms with Crippen LogP contribution in [0.25, 0.3) is 5.65 Å². The third-order valence-corrected chi connectivity index (χ3v) is 5.82. The normalized spacial score (nSPS) is 16.9. The van der Waals surface area contributed by atoms with Crippen molar-refractivity contribution in [3.63, 3.8) is 0 Å². The standard InChI is InChI=1S/C21H24FN7O/c1-14-12-28-13-15(11-17(22)20(28)24-14)25-21(30)29-6-4-16-18(3-5-23-19(16)29)27-9-7-26(2)8-10-27/h3,5,11-13H,4,6-10H2,1-2H3,(H,25,30). The number of urea groups is 1. The van der Waals surface area contributed by atoms with Gasteiger partial charge in [0, 0.05) is 68.6 Å². The minimum atomic E-state index is -0.474. The van der Waals surface area contributed by atoms with E-state index >= 15 is 0 Å². The number of nitrogens with zero attached hydrogens (tertiary/aromatic N) is 6. The number of rotatable bonds is 2. The predicted octanol–water partition coefficient (Wildman–Crippen LogP) is 2.52. The van der Waals surface area contributed by atoms with Gasteiger partial charge in [-0.2, -0.15) is 0 Å². The fourth-order valence-electron chi connectivity index (χ4n) is 4.25. The molecule has 1 saturated heterocycles. The van der Waals surface area contributed by atoms with Crippen molar-refractivity contribution in [1.82, 2.24) is 19.3 Å². The van der Waals surface area contributed by atoms with Gasteiger partial charge in [0.2, 0.25) is 0 Å². The molecule has 3 aromatic heterocycles. The van der Waals surface area contributed by atoms with E-state index < -0.39 is 5.82 Å². The zero-order chi connectivity index (χ0) is 20.8. The summed E-state index contributed by atoms with van der Waals surface area (Å²) >= 11 is 0. The molecule has 0 unspecified atom stereocenters. The van der Waals surface area contributed by atoms with Crippen LogP contribution in [0.3, 0.4) is 0 Å². The number of aryl methyl sites for hydroxylation is 1. The van der Waals surface area contributed by atoms with Crippen LogP contribution in [0.2, 0.25) is 0 Å². The molecule has 2 aliphatic heterocycles. The molecule has 0 radical (unpaired) electrons. The van der Waals surface area contributed by atoms with Crippen molar-refractivity contribution in [2.75, 3.05) is 54.9 Å². The molecular weight excluding hydrogens is 385 g/mol. The van der Waals surface area contributed by atoms with Gasteiger partial charge in [-0.05, 0) is 26.5 Å². The van der Waals surface area contributed by atoms with E-state index in [1.807, 2.05) is 6.07 Å². The summed E-state index contributed by atoms with van der Waals surface area (Å²) < 4.78 is 15.9. The van der Waals surface area contributed by atoms with Crippen molar-refractivity contribution in [2.45, 2.75) is 13.3 Å². The van der Waals surface area contributed by atoms with E-state index in [9.17, 15) is 9.18 Å². The lowest BCUT2D eigenvalue weighted by atomic mass is 10.1. The molecule has 5 heterocycles. The lowest BCUT2D eigenvalue weighted by Crippen LogP contribution is -2.44. The maximum atomic E-state index is 14.3. The van der Waals surface area contributed by atoms with Gasteiger partial charge in [0.05, 0.1) is 11.4 Å². The number of aromatic nitrogens is 3. The summed E-state index contributed by atoms with van der Waals surface area (Å²) in [7, 11) is 2.13. The smallest absolute Gasteiger partial charge is 0.327 e. The van der Waals surface area contributed by atoms with E-state index in [0.717, 1.165) is 43.9 Å². The summed E-state index contributed by atoms with van der Waals surface area (Å²) in [6.45, 7) is 6.31. The minimum Gasteiger partial charge on any atom is -0.369 e. The Kier molecular flexibility index (Phi) is 4.54. The Morgan fingerprint density at radius 2 is 1.97 bits per heavy atom. The van der Waals surface area contributed by atoms with Crippen molar-refractivity contribution < 1.29 is 9.18 Å². The van der Waals surface area contributed by atoms with Crippen molar-refractivity contribution in [3.8, 4) is 0 Å². The van der Waals surface area contributed by atoms with E-state index in [0.29, 0.717) is 23.7 Å². The van der Waals surface area contributed by atoms with Crippen molar-refractivity contribution >= 4 is 28.9 Å². The Balaban J connectivity index is 1.38. The highest BCUT2D eigenvalue weighted by Gasteiger charge is 2.30. The first-order chi connectivity index (χ1) is 14.5. The van der Waals surface area contributed by atoms with Gasteiger partial charge in [-0.1, -0.05) is 0 Å². The van der Waals surface area contributed by atoms with E-state index in [1.165, 1.54) is 6.07 Å². The topological polar surface area (TPSA) is 69.0 Å². The monoisotopic (exact) mass is 409 g/mol. The Bertz CT molecular complexity index is 1120. The molecule has 1 N–H and O–H groups in total. The summed E-state index contributed by atoms with van der Waals surface area (Å²) in [5, 5.41) is 2.81. The SMILES string of the molecule is Cc1cn2cc(NC(=O)N3CCc4c(N5CCN(C)CC5)ccnc43)cc(F)c2n1. The average molecular weight is 409 g/mol. The van der Waals surface area contributed by atoms with Crippen LogP contribution in [-0.4, -0.2) is 65.1 Å². The Hall–Kier alpha value is -3.20. The number of carbonyl (C=O) groups excluding carboxylic acids is 1. The molecule has 3 aromatic rings. The number of amides is 2. The van der Waals surface area contributed by atoms with Crippen molar-refractivity contribution in [1.29, 1.82) is 0 Å². The number of fused-ring (bicyclic) bond motifs is 2. The molecule has 30 heavy (non-hydrogen) atoms. The van der Waals surface area contributed by atoms with E-state index in [-0.39, 0.29) is 11.7 Å². The van der Waals surface area contributed by atoms with Gasteiger partial charge >= 0.3 is 6.03 Å². The Labute approximate surface area is 173 Å². The summed E-state index contributed by atoms with van der Waals surface area (Å²) in [6.07, 6.45) is 5.91. The van der Waals surface area contributed by atoms with Gasteiger partial charge in [0.25, 0.3) is 0 Å². The largest absolute Gasteiger partial charge is 0.369 e. The lowest BCUT2D eigenvalue weighted by molar-refractivity contribution is 0.257. The molecule has 156 valence electrons. The molecule has 0 aliphatic carbocycles. The number of halogens is 1. The maximum absolute atomic E-state index is 14.3. The number of imidazole rings is 1. The molecule has 2 aliphatic rings. The highest BCUT2D eigenvalue weighted by atomic mass is 19.1. The third-order valence-electron chi connectivity index (χ3n) is 5.82. The molecule has 5 rings (SSSR count). The molecule has 1 fully saturated rings. The van der Waals surface area contributed by atoms with Crippen LogP contribution in [0.15, 0.2) is 30.7 Å². The second-order valence-corrected chi connectivity index (χ2v) is 7.94. The zero-order valence-corrected chi connectivity index (χ0v) is 17.1. The summed E-state index contributed by atoms with van der Waals surface area (Å²) in [6, 6.07) is 3.02. The number of anilines is 3. The Morgan fingerprint density at radius 1 is 1.17 bits per heavy atom. The zero-order valence-electron chi connectivity index (χ0n) is 17.1. The highest BCUT2D eigenvalue weighted by Crippen LogP contribution is 2.34. The van der Waals surface area contributed by atoms with Gasteiger partial charge in [-0.15, -0.1) is 0 Å². The Morgan fingerprint density at radius 3 is 2.77 bits per heavy atom. The lowest BCUT2D eigenvalue weighted by Gasteiger charge is -2.35. The first-order valence-electron chi connectivity index (χ1n) is 10.1. The van der Waals surface area contributed by atoms with Crippen molar-refractivity contribution in [3.05, 3.63) is 47.8 Å². The first-order valence-corrected chi connectivity index (χ1v) is 10.1. The molecule has 2 amide bonds. The quantitative estimate of drug-likeness (QED) is 0.705. The third kappa shape index (κ3) is 3.24. The summed E-state index contributed by atoms with van der Waals surface area (Å²) in [5.41, 5.74) is 3.60. The fourth-order valence-corrected chi connectivity index (χ4v) is 4.25. The van der Waals surface area contributed by atoms with E-state index in [4.69, 9.17) is 0 Å². The number of hydrogen-bond donors (Lipinski definition) is 1.